The quantitative estimate of drug-likeness (QED) is 0.380. The van der Waals surface area contributed by atoms with Crippen molar-refractivity contribution in [3.8, 4) is 5.75 Å². The maximum absolute atomic E-state index is 12.7. The molecule has 2 N–H and O–H groups in total. The molecule has 166 valence electrons. The molecule has 0 fully saturated rings. The van der Waals surface area contributed by atoms with Gasteiger partial charge in [-0.1, -0.05) is 50.2 Å². The van der Waals surface area contributed by atoms with Gasteiger partial charge in [0.2, 0.25) is 0 Å². The first-order valence-corrected chi connectivity index (χ1v) is 11.4. The van der Waals surface area contributed by atoms with Crippen molar-refractivity contribution in [3.63, 3.8) is 0 Å². The summed E-state index contributed by atoms with van der Waals surface area (Å²) in [5, 5.41) is 5.74. The summed E-state index contributed by atoms with van der Waals surface area (Å²) in [5.41, 5.74) is 2.55. The first-order chi connectivity index (χ1) is 15.4. The van der Waals surface area contributed by atoms with Crippen LogP contribution in [-0.2, 0) is 6.54 Å². The number of halogens is 1. The highest BCUT2D eigenvalue weighted by atomic mass is 79.9. The minimum Gasteiger partial charge on any atom is -0.492 e. The van der Waals surface area contributed by atoms with Crippen LogP contribution in [0.5, 0.6) is 5.75 Å². The largest absolute Gasteiger partial charge is 0.492 e. The van der Waals surface area contributed by atoms with Crippen molar-refractivity contribution in [3.05, 3.63) is 94.0 Å². The zero-order chi connectivity index (χ0) is 22.9. The van der Waals surface area contributed by atoms with E-state index >= 15 is 0 Å². The van der Waals surface area contributed by atoms with E-state index in [4.69, 9.17) is 4.74 Å². The number of carbonyl (C=O) groups excluding carboxylic acids is 2. The molecule has 3 rings (SSSR count). The summed E-state index contributed by atoms with van der Waals surface area (Å²) in [5.74, 6) is 0.811. The van der Waals surface area contributed by atoms with Gasteiger partial charge < -0.3 is 15.4 Å². The van der Waals surface area contributed by atoms with Crippen molar-refractivity contribution in [1.82, 2.24) is 5.32 Å². The normalized spacial score (nSPS) is 10.6. The van der Waals surface area contributed by atoms with Gasteiger partial charge in [-0.05, 0) is 70.2 Å². The molecule has 0 atom stereocenters. The Morgan fingerprint density at radius 1 is 0.906 bits per heavy atom. The van der Waals surface area contributed by atoms with Crippen LogP contribution >= 0.6 is 15.9 Å². The molecular formula is C26H27BrN2O3. The number of anilines is 1. The van der Waals surface area contributed by atoms with Gasteiger partial charge in [0.05, 0.1) is 11.1 Å². The van der Waals surface area contributed by atoms with Crippen LogP contribution in [0.2, 0.25) is 0 Å². The maximum Gasteiger partial charge on any atom is 0.255 e. The fourth-order valence-corrected chi connectivity index (χ4v) is 3.48. The van der Waals surface area contributed by atoms with Gasteiger partial charge >= 0.3 is 0 Å². The van der Waals surface area contributed by atoms with E-state index in [0.717, 1.165) is 16.5 Å². The van der Waals surface area contributed by atoms with Gasteiger partial charge in [-0.25, -0.2) is 0 Å². The summed E-state index contributed by atoms with van der Waals surface area (Å²) in [6.07, 6.45) is 0.962. The molecule has 6 heteroatoms. The highest BCUT2D eigenvalue weighted by Crippen LogP contribution is 2.27. The monoisotopic (exact) mass is 494 g/mol. The number of carbonyl (C=O) groups is 2. The fourth-order valence-electron chi connectivity index (χ4n) is 2.99. The Morgan fingerprint density at radius 2 is 1.66 bits per heavy atom. The summed E-state index contributed by atoms with van der Waals surface area (Å²) in [6.45, 7) is 5.36. The number of benzene rings is 3. The number of hydrogen-bond acceptors (Lipinski definition) is 3. The Bertz CT molecular complexity index is 1070. The van der Waals surface area contributed by atoms with Gasteiger partial charge in [-0.15, -0.1) is 0 Å². The minimum absolute atomic E-state index is 0.199. The van der Waals surface area contributed by atoms with Gasteiger partial charge in [-0.2, -0.15) is 0 Å². The summed E-state index contributed by atoms with van der Waals surface area (Å²) >= 11 is 3.48. The Kier molecular flexibility index (Phi) is 8.45. The number of rotatable bonds is 9. The maximum atomic E-state index is 12.7. The van der Waals surface area contributed by atoms with Gasteiger partial charge in [-0.3, -0.25) is 9.59 Å². The third-order valence-corrected chi connectivity index (χ3v) is 5.45. The van der Waals surface area contributed by atoms with Crippen LogP contribution < -0.4 is 15.4 Å². The number of ether oxygens (including phenoxy) is 1. The predicted octanol–water partition coefficient (Wildman–Crippen LogP) is 6.06. The van der Waals surface area contributed by atoms with Crippen LogP contribution in [-0.4, -0.2) is 18.4 Å². The van der Waals surface area contributed by atoms with E-state index in [2.05, 4.69) is 40.4 Å². The van der Waals surface area contributed by atoms with E-state index in [0.29, 0.717) is 41.6 Å². The lowest BCUT2D eigenvalue weighted by molar-refractivity contribution is 0.0949. The molecule has 0 radical (unpaired) electrons. The standard InChI is InChI=1S/C26H27BrN2O3/c1-18(2)13-14-32-24-12-11-21(16-23(24)27)26(31)29-22-10-6-9-20(15-22)25(30)28-17-19-7-4-3-5-8-19/h3-12,15-16,18H,13-14,17H2,1-2H3,(H,28,30)(H,29,31). The average molecular weight is 495 g/mol. The summed E-state index contributed by atoms with van der Waals surface area (Å²) < 4.78 is 6.50. The third kappa shape index (κ3) is 6.95. The van der Waals surface area contributed by atoms with Gasteiger partial charge in [0.1, 0.15) is 5.75 Å². The second-order valence-corrected chi connectivity index (χ2v) is 8.73. The lowest BCUT2D eigenvalue weighted by Crippen LogP contribution is -2.23. The molecule has 0 aromatic heterocycles. The number of amides is 2. The lowest BCUT2D eigenvalue weighted by Gasteiger charge is -2.12. The summed E-state index contributed by atoms with van der Waals surface area (Å²) in [4.78, 5) is 25.2. The molecule has 0 aliphatic carbocycles. The van der Waals surface area contributed by atoms with E-state index < -0.39 is 0 Å². The molecular weight excluding hydrogens is 468 g/mol. The zero-order valence-corrected chi connectivity index (χ0v) is 19.8. The molecule has 0 aliphatic heterocycles. The van der Waals surface area contributed by atoms with Crippen molar-refractivity contribution in [2.24, 2.45) is 5.92 Å². The smallest absolute Gasteiger partial charge is 0.255 e. The Balaban J connectivity index is 1.60. The van der Waals surface area contributed by atoms with Crippen LogP contribution in [0.4, 0.5) is 5.69 Å². The van der Waals surface area contributed by atoms with Gasteiger partial charge in [0, 0.05) is 23.4 Å². The molecule has 0 saturated carbocycles. The minimum atomic E-state index is -0.263. The molecule has 2 amide bonds. The number of hydrogen-bond donors (Lipinski definition) is 2. The Labute approximate surface area is 197 Å². The van der Waals surface area contributed by atoms with E-state index in [1.807, 2.05) is 30.3 Å². The van der Waals surface area contributed by atoms with Crippen molar-refractivity contribution in [1.29, 1.82) is 0 Å². The van der Waals surface area contributed by atoms with Crippen LogP contribution in [0.3, 0.4) is 0 Å². The van der Waals surface area contributed by atoms with Crippen molar-refractivity contribution in [2.75, 3.05) is 11.9 Å². The van der Waals surface area contributed by atoms with Crippen LogP contribution in [0.25, 0.3) is 0 Å². The highest BCUT2D eigenvalue weighted by molar-refractivity contribution is 9.10. The Morgan fingerprint density at radius 3 is 2.38 bits per heavy atom. The third-order valence-electron chi connectivity index (χ3n) is 4.83. The highest BCUT2D eigenvalue weighted by Gasteiger charge is 2.12. The molecule has 0 bridgehead atoms. The molecule has 0 aliphatic rings. The average Bonchev–Trinajstić information content (AvgIpc) is 2.79. The molecule has 32 heavy (non-hydrogen) atoms. The van der Waals surface area contributed by atoms with Crippen molar-refractivity contribution < 1.29 is 14.3 Å². The van der Waals surface area contributed by atoms with E-state index in [1.54, 1.807) is 42.5 Å². The second kappa shape index (κ2) is 11.5. The molecule has 0 spiro atoms. The molecule has 5 nitrogen and oxygen atoms in total. The van der Waals surface area contributed by atoms with Gasteiger partial charge in [0.15, 0.2) is 0 Å². The van der Waals surface area contributed by atoms with Crippen LogP contribution in [0.1, 0.15) is 46.5 Å². The fraction of sp³-hybridized carbons (Fsp3) is 0.231. The zero-order valence-electron chi connectivity index (χ0n) is 18.2. The number of nitrogens with one attached hydrogen (secondary N) is 2. The first-order valence-electron chi connectivity index (χ1n) is 10.6. The molecule has 3 aromatic carbocycles. The van der Waals surface area contributed by atoms with E-state index in [-0.39, 0.29) is 11.8 Å². The predicted molar refractivity (Wildman–Crippen MR) is 131 cm³/mol. The molecule has 3 aromatic rings. The van der Waals surface area contributed by atoms with Gasteiger partial charge in [0.25, 0.3) is 11.8 Å². The Hall–Kier alpha value is -3.12. The molecule has 0 unspecified atom stereocenters. The van der Waals surface area contributed by atoms with Crippen LogP contribution in [0.15, 0.2) is 77.3 Å². The topological polar surface area (TPSA) is 67.4 Å². The summed E-state index contributed by atoms with van der Waals surface area (Å²) in [7, 11) is 0. The first kappa shape index (κ1) is 23.5. The second-order valence-electron chi connectivity index (χ2n) is 7.88. The summed E-state index contributed by atoms with van der Waals surface area (Å²) in [6, 6.07) is 21.8. The SMILES string of the molecule is CC(C)CCOc1ccc(C(=O)Nc2cccc(C(=O)NCc3ccccc3)c2)cc1Br. The van der Waals surface area contributed by atoms with Crippen molar-refractivity contribution in [2.45, 2.75) is 26.8 Å². The van der Waals surface area contributed by atoms with Crippen molar-refractivity contribution >= 4 is 33.4 Å². The van der Waals surface area contributed by atoms with Crippen LogP contribution in [0, 0.1) is 5.92 Å². The lowest BCUT2D eigenvalue weighted by atomic mass is 10.1. The molecule has 0 saturated heterocycles. The molecule has 0 heterocycles. The van der Waals surface area contributed by atoms with E-state index in [1.165, 1.54) is 0 Å². The van der Waals surface area contributed by atoms with E-state index in [9.17, 15) is 9.59 Å².